The lowest BCUT2D eigenvalue weighted by atomic mass is 10.2. The normalized spacial score (nSPS) is 13.4. The Balaban J connectivity index is 2.65. The molecule has 0 bridgehead atoms. The van der Waals surface area contributed by atoms with E-state index in [1.165, 1.54) is 7.11 Å². The van der Waals surface area contributed by atoms with Crippen molar-refractivity contribution in [3.8, 4) is 11.5 Å². The van der Waals surface area contributed by atoms with E-state index in [1.54, 1.807) is 25.1 Å². The van der Waals surface area contributed by atoms with Crippen molar-refractivity contribution in [1.82, 2.24) is 5.32 Å². The van der Waals surface area contributed by atoms with E-state index in [0.717, 1.165) is 12.8 Å². The van der Waals surface area contributed by atoms with Crippen LogP contribution in [0.15, 0.2) is 18.2 Å². The van der Waals surface area contributed by atoms with Crippen LogP contribution >= 0.6 is 0 Å². The zero-order valence-corrected chi connectivity index (χ0v) is 12.6. The molecule has 2 unspecified atom stereocenters. The Hall–Kier alpha value is -1.91. The molecule has 0 aliphatic rings. The number of amides is 1. The van der Waals surface area contributed by atoms with E-state index in [0.29, 0.717) is 17.2 Å². The summed E-state index contributed by atoms with van der Waals surface area (Å²) in [5, 5.41) is 2.92. The molecule has 5 heteroatoms. The fourth-order valence-electron chi connectivity index (χ4n) is 1.89. The molecule has 1 aromatic rings. The first-order chi connectivity index (χ1) is 9.47. The fourth-order valence-corrected chi connectivity index (χ4v) is 1.89. The molecule has 1 rings (SSSR count). The van der Waals surface area contributed by atoms with Crippen LogP contribution in [0.25, 0.3) is 0 Å². The largest absolute Gasteiger partial charge is 0.493 e. The molecule has 0 aromatic heterocycles. The standard InChI is InChI=1S/C15H24N2O3/c1-5-6-10(2)17-15(18)11(3)20-13-8-7-12(16)9-14(13)19-4/h7-11H,5-6,16H2,1-4H3,(H,17,18). The fraction of sp³-hybridized carbons (Fsp3) is 0.533. The van der Waals surface area contributed by atoms with Crippen molar-refractivity contribution in [2.24, 2.45) is 0 Å². The van der Waals surface area contributed by atoms with Crippen molar-refractivity contribution in [2.75, 3.05) is 12.8 Å². The number of nitrogens with one attached hydrogen (secondary N) is 1. The maximum absolute atomic E-state index is 12.0. The predicted octanol–water partition coefficient (Wildman–Crippen LogP) is 2.35. The van der Waals surface area contributed by atoms with E-state index in [9.17, 15) is 4.79 Å². The Morgan fingerprint density at radius 1 is 1.35 bits per heavy atom. The smallest absolute Gasteiger partial charge is 0.260 e. The first-order valence-corrected chi connectivity index (χ1v) is 6.88. The van der Waals surface area contributed by atoms with Gasteiger partial charge in [0.15, 0.2) is 17.6 Å². The molecule has 1 amide bonds. The number of ether oxygens (including phenoxy) is 2. The van der Waals surface area contributed by atoms with Gasteiger partial charge >= 0.3 is 0 Å². The van der Waals surface area contributed by atoms with Crippen LogP contribution < -0.4 is 20.5 Å². The molecule has 0 radical (unpaired) electrons. The molecule has 0 aliphatic heterocycles. The monoisotopic (exact) mass is 280 g/mol. The third-order valence-corrected chi connectivity index (χ3v) is 2.97. The van der Waals surface area contributed by atoms with Crippen LogP contribution in [0.3, 0.4) is 0 Å². The van der Waals surface area contributed by atoms with Gasteiger partial charge in [-0.25, -0.2) is 0 Å². The summed E-state index contributed by atoms with van der Waals surface area (Å²) in [4.78, 5) is 12.0. The second kappa shape index (κ2) is 7.62. The highest BCUT2D eigenvalue weighted by atomic mass is 16.5. The number of hydrogen-bond donors (Lipinski definition) is 2. The van der Waals surface area contributed by atoms with Gasteiger partial charge in [0.2, 0.25) is 0 Å². The van der Waals surface area contributed by atoms with E-state index < -0.39 is 6.10 Å². The average Bonchev–Trinajstić information content (AvgIpc) is 2.40. The first-order valence-electron chi connectivity index (χ1n) is 6.88. The Kier molecular flexibility index (Phi) is 6.15. The molecule has 2 atom stereocenters. The van der Waals surface area contributed by atoms with Crippen LogP contribution in [0.2, 0.25) is 0 Å². The zero-order chi connectivity index (χ0) is 15.1. The highest BCUT2D eigenvalue weighted by Crippen LogP contribution is 2.29. The number of carbonyl (C=O) groups excluding carboxylic acids is 1. The highest BCUT2D eigenvalue weighted by Gasteiger charge is 2.18. The van der Waals surface area contributed by atoms with Crippen molar-refractivity contribution in [2.45, 2.75) is 45.8 Å². The predicted molar refractivity (Wildman–Crippen MR) is 80.0 cm³/mol. The second-order valence-electron chi connectivity index (χ2n) is 4.87. The molecular formula is C15H24N2O3. The summed E-state index contributed by atoms with van der Waals surface area (Å²) in [6.07, 6.45) is 1.39. The van der Waals surface area contributed by atoms with E-state index in [1.807, 2.05) is 6.92 Å². The van der Waals surface area contributed by atoms with Gasteiger partial charge in [0.1, 0.15) is 0 Å². The third kappa shape index (κ3) is 4.64. The van der Waals surface area contributed by atoms with Gasteiger partial charge in [-0.2, -0.15) is 0 Å². The minimum atomic E-state index is -0.591. The van der Waals surface area contributed by atoms with Crippen LogP contribution in [0.1, 0.15) is 33.6 Å². The molecule has 112 valence electrons. The molecule has 0 saturated carbocycles. The molecule has 1 aromatic carbocycles. The number of hydrogen-bond acceptors (Lipinski definition) is 4. The first kappa shape index (κ1) is 16.1. The van der Waals surface area contributed by atoms with Crippen LogP contribution in [-0.4, -0.2) is 25.2 Å². The minimum Gasteiger partial charge on any atom is -0.493 e. The van der Waals surface area contributed by atoms with Gasteiger partial charge in [0, 0.05) is 17.8 Å². The summed E-state index contributed by atoms with van der Waals surface area (Å²) in [6, 6.07) is 5.22. The van der Waals surface area contributed by atoms with Crippen molar-refractivity contribution in [1.29, 1.82) is 0 Å². The zero-order valence-electron chi connectivity index (χ0n) is 12.6. The van der Waals surface area contributed by atoms with Crippen molar-refractivity contribution >= 4 is 11.6 Å². The highest BCUT2D eigenvalue weighted by molar-refractivity contribution is 5.81. The van der Waals surface area contributed by atoms with E-state index >= 15 is 0 Å². The summed E-state index contributed by atoms with van der Waals surface area (Å²) in [5.74, 6) is 0.892. The van der Waals surface area contributed by atoms with Crippen molar-refractivity contribution in [3.63, 3.8) is 0 Å². The average molecular weight is 280 g/mol. The molecule has 0 aliphatic carbocycles. The number of nitrogen functional groups attached to an aromatic ring is 1. The Morgan fingerprint density at radius 3 is 2.65 bits per heavy atom. The Morgan fingerprint density at radius 2 is 2.05 bits per heavy atom. The van der Waals surface area contributed by atoms with Gasteiger partial charge < -0.3 is 20.5 Å². The number of nitrogens with two attached hydrogens (primary N) is 1. The van der Waals surface area contributed by atoms with Gasteiger partial charge in [-0.15, -0.1) is 0 Å². The third-order valence-electron chi connectivity index (χ3n) is 2.97. The summed E-state index contributed by atoms with van der Waals surface area (Å²) in [5.41, 5.74) is 6.26. The lowest BCUT2D eigenvalue weighted by Crippen LogP contribution is -2.41. The van der Waals surface area contributed by atoms with Gasteiger partial charge in [-0.1, -0.05) is 13.3 Å². The van der Waals surface area contributed by atoms with Gasteiger partial charge in [-0.3, -0.25) is 4.79 Å². The lowest BCUT2D eigenvalue weighted by Gasteiger charge is -2.19. The van der Waals surface area contributed by atoms with E-state index in [-0.39, 0.29) is 11.9 Å². The van der Waals surface area contributed by atoms with E-state index in [2.05, 4.69) is 12.2 Å². The van der Waals surface area contributed by atoms with Crippen molar-refractivity contribution < 1.29 is 14.3 Å². The number of anilines is 1. The molecule has 3 N–H and O–H groups in total. The molecule has 0 saturated heterocycles. The minimum absolute atomic E-state index is 0.134. The van der Waals surface area contributed by atoms with Gasteiger partial charge in [-0.05, 0) is 32.4 Å². The topological polar surface area (TPSA) is 73.6 Å². The quantitative estimate of drug-likeness (QED) is 0.752. The number of benzene rings is 1. The van der Waals surface area contributed by atoms with Crippen LogP contribution in [0, 0.1) is 0 Å². The lowest BCUT2D eigenvalue weighted by molar-refractivity contribution is -0.127. The SMILES string of the molecule is CCCC(C)NC(=O)C(C)Oc1ccc(N)cc1OC. The Bertz CT molecular complexity index is 449. The van der Waals surface area contributed by atoms with Crippen LogP contribution in [0.4, 0.5) is 5.69 Å². The van der Waals surface area contributed by atoms with Crippen LogP contribution in [-0.2, 0) is 4.79 Å². The molecule has 0 heterocycles. The maximum atomic E-state index is 12.0. The summed E-state index contributed by atoms with van der Waals surface area (Å²) >= 11 is 0. The van der Waals surface area contributed by atoms with Crippen molar-refractivity contribution in [3.05, 3.63) is 18.2 Å². The summed E-state index contributed by atoms with van der Waals surface area (Å²) in [7, 11) is 1.54. The summed E-state index contributed by atoms with van der Waals surface area (Å²) < 4.78 is 10.8. The molecule has 0 spiro atoms. The number of rotatable bonds is 7. The Labute approximate surface area is 120 Å². The molecule has 5 nitrogen and oxygen atoms in total. The van der Waals surface area contributed by atoms with Gasteiger partial charge in [0.05, 0.1) is 7.11 Å². The molecular weight excluding hydrogens is 256 g/mol. The van der Waals surface area contributed by atoms with Gasteiger partial charge in [0.25, 0.3) is 5.91 Å². The number of methoxy groups -OCH3 is 1. The maximum Gasteiger partial charge on any atom is 0.260 e. The molecule has 20 heavy (non-hydrogen) atoms. The molecule has 0 fully saturated rings. The number of carbonyl (C=O) groups is 1. The van der Waals surface area contributed by atoms with Crippen LogP contribution in [0.5, 0.6) is 11.5 Å². The summed E-state index contributed by atoms with van der Waals surface area (Å²) in [6.45, 7) is 5.78. The van der Waals surface area contributed by atoms with E-state index in [4.69, 9.17) is 15.2 Å². The second-order valence-corrected chi connectivity index (χ2v) is 4.87.